The molecule has 0 bridgehead atoms. The monoisotopic (exact) mass is 333 g/mol. The zero-order valence-electron chi connectivity index (χ0n) is 10.7. The minimum atomic E-state index is -0.864. The minimum Gasteiger partial charge on any atom is -0.456 e. The third kappa shape index (κ3) is 2.60. The van der Waals surface area contributed by atoms with E-state index in [9.17, 15) is 5.02 Å². The summed E-state index contributed by atoms with van der Waals surface area (Å²) in [6, 6.07) is 11.3. The van der Waals surface area contributed by atoms with Gasteiger partial charge in [0, 0.05) is 6.54 Å². The first-order valence-corrected chi connectivity index (χ1v) is 7.05. The van der Waals surface area contributed by atoms with E-state index in [4.69, 9.17) is 15.1 Å². The Morgan fingerprint density at radius 2 is 2.15 bits per heavy atom. The van der Waals surface area contributed by atoms with Crippen LogP contribution < -0.4 is 15.9 Å². The van der Waals surface area contributed by atoms with Gasteiger partial charge in [0.2, 0.25) is 0 Å². The van der Waals surface area contributed by atoms with E-state index in [0.29, 0.717) is 24.7 Å². The van der Waals surface area contributed by atoms with Crippen molar-refractivity contribution in [2.45, 2.75) is 13.2 Å². The first-order chi connectivity index (χ1) is 9.67. The van der Waals surface area contributed by atoms with Crippen molar-refractivity contribution in [3.05, 3.63) is 52.0 Å². The molecule has 0 fully saturated rings. The number of ether oxygens (including phenoxy) is 1. The summed E-state index contributed by atoms with van der Waals surface area (Å²) in [4.78, 5) is 0. The fourth-order valence-corrected chi connectivity index (χ4v) is 2.64. The predicted molar refractivity (Wildman–Crippen MR) is 80.9 cm³/mol. The zero-order chi connectivity index (χ0) is 14.1. The molecule has 4 nitrogen and oxygen atoms in total. The van der Waals surface area contributed by atoms with E-state index in [1.165, 1.54) is 0 Å². The largest absolute Gasteiger partial charge is 0.491 e. The van der Waals surface area contributed by atoms with E-state index < -0.39 is 7.12 Å². The molecule has 20 heavy (non-hydrogen) atoms. The molecule has 2 aromatic carbocycles. The Morgan fingerprint density at radius 1 is 1.30 bits per heavy atom. The van der Waals surface area contributed by atoms with Crippen LogP contribution in [-0.4, -0.2) is 12.1 Å². The topological polar surface area (TPSA) is 64.7 Å². The molecule has 0 saturated heterocycles. The third-order valence-electron chi connectivity index (χ3n) is 3.24. The van der Waals surface area contributed by atoms with Gasteiger partial charge in [-0.3, -0.25) is 0 Å². The Morgan fingerprint density at radius 3 is 2.90 bits per heavy atom. The van der Waals surface area contributed by atoms with Gasteiger partial charge in [-0.1, -0.05) is 12.1 Å². The highest BCUT2D eigenvalue weighted by molar-refractivity contribution is 9.10. The Bertz CT molecular complexity index is 650. The summed E-state index contributed by atoms with van der Waals surface area (Å²) in [5.41, 5.74) is 8.37. The maximum Gasteiger partial charge on any atom is 0.491 e. The maximum atomic E-state index is 9.69. The second-order valence-electron chi connectivity index (χ2n) is 4.59. The first-order valence-electron chi connectivity index (χ1n) is 6.26. The SMILES string of the molecule is NCc1ccc(Oc2ccc3c(c2)B(O)OC3)c(Br)c1. The van der Waals surface area contributed by atoms with Crippen LogP contribution in [0.4, 0.5) is 0 Å². The number of fused-ring (bicyclic) bond motifs is 1. The standard InChI is InChI=1S/C14H13BBrNO3/c16-13-5-9(7-17)1-4-14(13)20-11-3-2-10-8-19-15(18)12(10)6-11/h1-6,18H,7-8,17H2. The average molecular weight is 334 g/mol. The minimum absolute atomic E-state index is 0.436. The summed E-state index contributed by atoms with van der Waals surface area (Å²) in [5, 5.41) is 9.69. The number of nitrogens with two attached hydrogens (primary N) is 1. The van der Waals surface area contributed by atoms with Crippen LogP contribution >= 0.6 is 15.9 Å². The van der Waals surface area contributed by atoms with Gasteiger partial charge < -0.3 is 20.1 Å². The molecule has 0 aliphatic carbocycles. The van der Waals surface area contributed by atoms with Gasteiger partial charge in [-0.15, -0.1) is 0 Å². The average Bonchev–Trinajstić information content (AvgIpc) is 2.82. The molecule has 0 amide bonds. The van der Waals surface area contributed by atoms with Gasteiger partial charge in [0.25, 0.3) is 0 Å². The van der Waals surface area contributed by atoms with E-state index >= 15 is 0 Å². The molecule has 0 spiro atoms. The van der Waals surface area contributed by atoms with Gasteiger partial charge in [0.05, 0.1) is 11.1 Å². The van der Waals surface area contributed by atoms with Crippen LogP contribution in [0, 0.1) is 0 Å². The quantitative estimate of drug-likeness (QED) is 0.842. The lowest BCUT2D eigenvalue weighted by Crippen LogP contribution is -2.27. The molecule has 0 saturated carbocycles. The Kier molecular flexibility index (Phi) is 3.80. The number of hydrogen-bond acceptors (Lipinski definition) is 4. The molecule has 1 aliphatic rings. The van der Waals surface area contributed by atoms with E-state index in [-0.39, 0.29) is 0 Å². The van der Waals surface area contributed by atoms with Crippen LogP contribution in [0.25, 0.3) is 0 Å². The summed E-state index contributed by atoms with van der Waals surface area (Å²) < 4.78 is 11.8. The van der Waals surface area contributed by atoms with Gasteiger partial charge in [-0.2, -0.15) is 0 Å². The Balaban J connectivity index is 1.87. The van der Waals surface area contributed by atoms with Crippen molar-refractivity contribution in [2.75, 3.05) is 0 Å². The lowest BCUT2D eigenvalue weighted by atomic mass is 9.79. The van der Waals surface area contributed by atoms with Crippen LogP contribution in [-0.2, 0) is 17.8 Å². The van der Waals surface area contributed by atoms with Gasteiger partial charge in [0.1, 0.15) is 11.5 Å². The smallest absolute Gasteiger partial charge is 0.456 e. The number of halogens is 1. The van der Waals surface area contributed by atoms with Gasteiger partial charge in [-0.25, -0.2) is 0 Å². The molecule has 0 atom stereocenters. The molecule has 1 heterocycles. The lowest BCUT2D eigenvalue weighted by Gasteiger charge is -2.10. The summed E-state index contributed by atoms with van der Waals surface area (Å²) in [6.45, 7) is 0.924. The van der Waals surface area contributed by atoms with Crippen LogP contribution in [0.3, 0.4) is 0 Å². The fourth-order valence-electron chi connectivity index (χ4n) is 2.14. The van der Waals surface area contributed by atoms with Crippen molar-refractivity contribution in [1.82, 2.24) is 0 Å². The molecule has 3 N–H and O–H groups in total. The first kappa shape index (κ1) is 13.6. The lowest BCUT2D eigenvalue weighted by molar-refractivity contribution is 0.275. The molecule has 102 valence electrons. The van der Waals surface area contributed by atoms with E-state index in [1.54, 1.807) is 6.07 Å². The molecule has 2 aromatic rings. The van der Waals surface area contributed by atoms with Gasteiger partial charge >= 0.3 is 7.12 Å². The molecular formula is C14H13BBrNO3. The highest BCUT2D eigenvalue weighted by Gasteiger charge is 2.27. The Labute approximate surface area is 125 Å². The van der Waals surface area contributed by atoms with Crippen molar-refractivity contribution >= 4 is 28.5 Å². The van der Waals surface area contributed by atoms with Crippen molar-refractivity contribution in [2.24, 2.45) is 5.73 Å². The second kappa shape index (κ2) is 5.57. The van der Waals surface area contributed by atoms with E-state index in [2.05, 4.69) is 15.9 Å². The summed E-state index contributed by atoms with van der Waals surface area (Å²) in [7, 11) is -0.864. The predicted octanol–water partition coefficient (Wildman–Crippen LogP) is 1.92. The summed E-state index contributed by atoms with van der Waals surface area (Å²) in [6.07, 6.45) is 0. The van der Waals surface area contributed by atoms with Crippen LogP contribution in [0.1, 0.15) is 11.1 Å². The number of benzene rings is 2. The second-order valence-corrected chi connectivity index (χ2v) is 5.45. The molecule has 0 aromatic heterocycles. The molecule has 1 aliphatic heterocycles. The van der Waals surface area contributed by atoms with Crippen LogP contribution in [0.15, 0.2) is 40.9 Å². The highest BCUT2D eigenvalue weighted by Crippen LogP contribution is 2.30. The van der Waals surface area contributed by atoms with Crippen molar-refractivity contribution in [3.63, 3.8) is 0 Å². The summed E-state index contributed by atoms with van der Waals surface area (Å²) >= 11 is 3.47. The summed E-state index contributed by atoms with van der Waals surface area (Å²) in [5.74, 6) is 1.37. The van der Waals surface area contributed by atoms with Crippen molar-refractivity contribution < 1.29 is 14.4 Å². The molecule has 0 radical (unpaired) electrons. The number of hydrogen-bond donors (Lipinski definition) is 2. The molecule has 0 unspecified atom stereocenters. The van der Waals surface area contributed by atoms with Gasteiger partial charge in [0.15, 0.2) is 0 Å². The van der Waals surface area contributed by atoms with Crippen molar-refractivity contribution in [3.8, 4) is 11.5 Å². The maximum absolute atomic E-state index is 9.69. The van der Waals surface area contributed by atoms with Crippen LogP contribution in [0.2, 0.25) is 0 Å². The fraction of sp³-hybridized carbons (Fsp3) is 0.143. The highest BCUT2D eigenvalue weighted by atomic mass is 79.9. The molecule has 6 heteroatoms. The zero-order valence-corrected chi connectivity index (χ0v) is 12.3. The molecular weight excluding hydrogens is 321 g/mol. The third-order valence-corrected chi connectivity index (χ3v) is 3.86. The van der Waals surface area contributed by atoms with Gasteiger partial charge in [-0.05, 0) is 56.8 Å². The molecule has 3 rings (SSSR count). The van der Waals surface area contributed by atoms with Crippen molar-refractivity contribution in [1.29, 1.82) is 0 Å². The Hall–Kier alpha value is -1.34. The van der Waals surface area contributed by atoms with E-state index in [1.807, 2.05) is 30.3 Å². The van der Waals surface area contributed by atoms with Crippen LogP contribution in [0.5, 0.6) is 11.5 Å². The van der Waals surface area contributed by atoms with E-state index in [0.717, 1.165) is 21.1 Å². The normalized spacial score (nSPS) is 13.4. The number of rotatable bonds is 3.